The van der Waals surface area contributed by atoms with E-state index in [9.17, 15) is 26.0 Å². The van der Waals surface area contributed by atoms with Crippen LogP contribution in [-0.4, -0.2) is 57.3 Å². The number of sulfone groups is 1. The lowest BCUT2D eigenvalue weighted by Crippen LogP contribution is -2.40. The van der Waals surface area contributed by atoms with Crippen LogP contribution < -0.4 is 4.72 Å². The molecule has 1 amide bonds. The van der Waals surface area contributed by atoms with Gasteiger partial charge in [-0.3, -0.25) is 4.79 Å². The zero-order valence-electron chi connectivity index (χ0n) is 15.6. The molecule has 1 heterocycles. The number of amides is 1. The predicted molar refractivity (Wildman–Crippen MR) is 99.9 cm³/mol. The Morgan fingerprint density at radius 1 is 1.26 bits per heavy atom. The second kappa shape index (κ2) is 7.84. The fourth-order valence-electron chi connectivity index (χ4n) is 2.88. The number of hydrogen-bond acceptors (Lipinski definition) is 5. The molecular formula is C17H25FN2O5S2. The minimum absolute atomic E-state index is 0.100. The molecule has 7 nitrogen and oxygen atoms in total. The Bertz CT molecular complexity index is 907. The summed E-state index contributed by atoms with van der Waals surface area (Å²) >= 11 is 0. The Morgan fingerprint density at radius 2 is 1.93 bits per heavy atom. The number of hydrogen-bond donors (Lipinski definition) is 1. The molecule has 2 rings (SSSR count). The van der Waals surface area contributed by atoms with Gasteiger partial charge in [0.15, 0.2) is 9.84 Å². The lowest BCUT2D eigenvalue weighted by Gasteiger charge is -2.24. The van der Waals surface area contributed by atoms with Crippen LogP contribution in [0.2, 0.25) is 0 Å². The Labute approximate surface area is 159 Å². The van der Waals surface area contributed by atoms with Crippen molar-refractivity contribution in [2.24, 2.45) is 0 Å². The van der Waals surface area contributed by atoms with Gasteiger partial charge < -0.3 is 4.90 Å². The highest BCUT2D eigenvalue weighted by atomic mass is 32.2. The van der Waals surface area contributed by atoms with Gasteiger partial charge in [0.1, 0.15) is 5.82 Å². The van der Waals surface area contributed by atoms with Crippen LogP contribution in [0.15, 0.2) is 29.2 Å². The lowest BCUT2D eigenvalue weighted by atomic mass is 10.3. The van der Waals surface area contributed by atoms with E-state index in [1.54, 1.807) is 20.8 Å². The highest BCUT2D eigenvalue weighted by Crippen LogP contribution is 2.27. The molecule has 152 valence electrons. The summed E-state index contributed by atoms with van der Waals surface area (Å²) in [6.45, 7) is 5.20. The van der Waals surface area contributed by atoms with Gasteiger partial charge in [0.2, 0.25) is 15.9 Å². The van der Waals surface area contributed by atoms with Gasteiger partial charge in [0, 0.05) is 26.1 Å². The molecule has 1 aromatic rings. The summed E-state index contributed by atoms with van der Waals surface area (Å²) in [6, 6.07) is 4.58. The first-order valence-electron chi connectivity index (χ1n) is 8.61. The molecule has 0 aromatic heterocycles. The Hall–Kier alpha value is -1.52. The third kappa shape index (κ3) is 5.05. The summed E-state index contributed by atoms with van der Waals surface area (Å²) in [7, 11) is -7.28. The van der Waals surface area contributed by atoms with Crippen molar-refractivity contribution in [1.29, 1.82) is 0 Å². The van der Waals surface area contributed by atoms with Gasteiger partial charge in [0.05, 0.1) is 14.9 Å². The van der Waals surface area contributed by atoms with Gasteiger partial charge in [-0.25, -0.2) is 25.9 Å². The highest BCUT2D eigenvalue weighted by molar-refractivity contribution is 7.93. The molecule has 0 bridgehead atoms. The van der Waals surface area contributed by atoms with E-state index in [0.29, 0.717) is 13.0 Å². The summed E-state index contributed by atoms with van der Waals surface area (Å²) in [5.41, 5.74) is 0. The standard InChI is InChI=1S/C17H25FN2O5S2/c1-17(2,3)26(22,23)15-8-10-20(12-15)16(21)7-9-19-27(24,25)14-6-4-5-13(18)11-14/h4-6,11,15,19H,7-10,12H2,1-3H3/t15-/m1/s1. The second-order valence-corrected chi connectivity index (χ2v) is 12.3. The van der Waals surface area contributed by atoms with Gasteiger partial charge in [-0.1, -0.05) is 6.07 Å². The van der Waals surface area contributed by atoms with Crippen LogP contribution in [0, 0.1) is 5.82 Å². The minimum Gasteiger partial charge on any atom is -0.341 e. The van der Waals surface area contributed by atoms with Crippen LogP contribution in [0.5, 0.6) is 0 Å². The summed E-state index contributed by atoms with van der Waals surface area (Å²) < 4.78 is 63.7. The van der Waals surface area contributed by atoms with Crippen molar-refractivity contribution >= 4 is 25.8 Å². The maximum Gasteiger partial charge on any atom is 0.240 e. The average molecular weight is 421 g/mol. The van der Waals surface area contributed by atoms with Gasteiger partial charge in [0.25, 0.3) is 0 Å². The zero-order valence-corrected chi connectivity index (χ0v) is 17.2. The normalized spacial score (nSPS) is 18.7. The van der Waals surface area contributed by atoms with E-state index in [2.05, 4.69) is 4.72 Å². The van der Waals surface area contributed by atoms with Crippen LogP contribution in [0.1, 0.15) is 33.6 Å². The molecule has 0 spiro atoms. The first kappa shape index (κ1) is 21.8. The van der Waals surface area contributed by atoms with Gasteiger partial charge in [-0.05, 0) is 45.4 Å². The van der Waals surface area contributed by atoms with Crippen LogP contribution in [0.4, 0.5) is 4.39 Å². The molecule has 1 atom stereocenters. The molecule has 0 saturated carbocycles. The smallest absolute Gasteiger partial charge is 0.240 e. The van der Waals surface area contributed by atoms with E-state index in [4.69, 9.17) is 0 Å². The monoisotopic (exact) mass is 420 g/mol. The largest absolute Gasteiger partial charge is 0.341 e. The Morgan fingerprint density at radius 3 is 2.52 bits per heavy atom. The van der Waals surface area contributed by atoms with Crippen molar-refractivity contribution in [3.8, 4) is 0 Å². The number of carbonyl (C=O) groups excluding carboxylic acids is 1. The first-order chi connectivity index (χ1) is 12.3. The van der Waals surface area contributed by atoms with Crippen molar-refractivity contribution in [3.05, 3.63) is 30.1 Å². The number of likely N-dealkylation sites (tertiary alicyclic amines) is 1. The topological polar surface area (TPSA) is 101 Å². The molecular weight excluding hydrogens is 395 g/mol. The molecule has 0 aliphatic carbocycles. The number of nitrogens with one attached hydrogen (secondary N) is 1. The third-order valence-electron chi connectivity index (χ3n) is 4.53. The van der Waals surface area contributed by atoms with E-state index in [-0.39, 0.29) is 30.3 Å². The maximum atomic E-state index is 13.2. The van der Waals surface area contributed by atoms with E-state index in [1.807, 2.05) is 0 Å². The summed E-state index contributed by atoms with van der Waals surface area (Å²) in [5.74, 6) is -0.985. The number of sulfonamides is 1. The lowest BCUT2D eigenvalue weighted by molar-refractivity contribution is -0.129. The number of nitrogens with zero attached hydrogens (tertiary/aromatic N) is 1. The van der Waals surface area contributed by atoms with Crippen molar-refractivity contribution in [2.45, 2.75) is 48.5 Å². The van der Waals surface area contributed by atoms with Crippen LogP contribution in [0.25, 0.3) is 0 Å². The zero-order chi connectivity index (χ0) is 20.5. The fraction of sp³-hybridized carbons (Fsp3) is 0.588. The van der Waals surface area contributed by atoms with Crippen molar-refractivity contribution in [3.63, 3.8) is 0 Å². The van der Waals surface area contributed by atoms with Crippen LogP contribution >= 0.6 is 0 Å². The van der Waals surface area contributed by atoms with Crippen LogP contribution in [-0.2, 0) is 24.7 Å². The summed E-state index contributed by atoms with van der Waals surface area (Å²) in [6.07, 6.45) is 0.275. The molecule has 1 saturated heterocycles. The van der Waals surface area contributed by atoms with Gasteiger partial charge in [-0.15, -0.1) is 0 Å². The van der Waals surface area contributed by atoms with E-state index in [0.717, 1.165) is 12.1 Å². The average Bonchev–Trinajstić information content (AvgIpc) is 3.04. The maximum absolute atomic E-state index is 13.2. The van der Waals surface area contributed by atoms with Crippen LogP contribution in [0.3, 0.4) is 0 Å². The fourth-order valence-corrected chi connectivity index (χ4v) is 5.73. The van der Waals surface area contributed by atoms with Crippen molar-refractivity contribution < 1.29 is 26.0 Å². The number of halogens is 1. The molecule has 0 radical (unpaired) electrons. The Kier molecular flexibility index (Phi) is 6.33. The molecule has 0 unspecified atom stereocenters. The number of rotatable bonds is 6. The summed E-state index contributed by atoms with van der Waals surface area (Å²) in [4.78, 5) is 13.5. The first-order valence-corrected chi connectivity index (χ1v) is 11.6. The second-order valence-electron chi connectivity index (χ2n) is 7.51. The SMILES string of the molecule is CC(C)(C)S(=O)(=O)[C@@H]1CCN(C(=O)CCNS(=O)(=O)c2cccc(F)c2)C1. The minimum atomic E-state index is -3.91. The number of carbonyl (C=O) groups is 1. The van der Waals surface area contributed by atoms with E-state index in [1.165, 1.54) is 17.0 Å². The molecule has 1 aliphatic heterocycles. The van der Waals surface area contributed by atoms with Gasteiger partial charge >= 0.3 is 0 Å². The Balaban J connectivity index is 1.90. The highest BCUT2D eigenvalue weighted by Gasteiger charge is 2.41. The van der Waals surface area contributed by atoms with Gasteiger partial charge in [-0.2, -0.15) is 0 Å². The van der Waals surface area contributed by atoms with E-state index < -0.39 is 35.7 Å². The quantitative estimate of drug-likeness (QED) is 0.748. The molecule has 1 aliphatic rings. The molecule has 27 heavy (non-hydrogen) atoms. The van der Waals surface area contributed by atoms with Crippen molar-refractivity contribution in [2.75, 3.05) is 19.6 Å². The molecule has 1 aromatic carbocycles. The molecule has 1 N–H and O–H groups in total. The van der Waals surface area contributed by atoms with Crippen molar-refractivity contribution in [1.82, 2.24) is 9.62 Å². The molecule has 1 fully saturated rings. The third-order valence-corrected chi connectivity index (χ3v) is 8.96. The predicted octanol–water partition coefficient (Wildman–Crippen LogP) is 1.31. The molecule has 10 heteroatoms. The van der Waals surface area contributed by atoms with E-state index >= 15 is 0 Å². The number of benzene rings is 1. The summed E-state index contributed by atoms with van der Waals surface area (Å²) in [5, 5.41) is -0.606.